The van der Waals surface area contributed by atoms with Crippen molar-refractivity contribution in [2.45, 2.75) is 0 Å². The van der Waals surface area contributed by atoms with Gasteiger partial charge >= 0.3 is 0 Å². The maximum absolute atomic E-state index is 4.92. The maximum atomic E-state index is 4.92. The van der Waals surface area contributed by atoms with Crippen LogP contribution in [0.25, 0.3) is 21.7 Å². The minimum absolute atomic E-state index is 0.915. The van der Waals surface area contributed by atoms with Crippen LogP contribution in [-0.2, 0) is 0 Å². The lowest BCUT2D eigenvalue weighted by atomic mass is 10.1. The van der Waals surface area contributed by atoms with Crippen LogP contribution in [-0.4, -0.2) is 5.16 Å². The zero-order valence-electron chi connectivity index (χ0n) is 6.90. The standard InChI is InChI=1S/C11H7NO/c1-2-4-9-8(3-1)5-6-11-10(9)7-13-12-11/h1-7H. The van der Waals surface area contributed by atoms with Crippen LogP contribution in [0.15, 0.2) is 47.2 Å². The predicted molar refractivity (Wildman–Crippen MR) is 51.5 cm³/mol. The predicted octanol–water partition coefficient (Wildman–Crippen LogP) is 2.98. The molecule has 0 unspecified atom stereocenters. The number of fused-ring (bicyclic) bond motifs is 3. The molecule has 0 amide bonds. The van der Waals surface area contributed by atoms with E-state index in [0.29, 0.717) is 0 Å². The van der Waals surface area contributed by atoms with Crippen LogP contribution >= 0.6 is 0 Å². The van der Waals surface area contributed by atoms with Crippen molar-refractivity contribution < 1.29 is 4.52 Å². The van der Waals surface area contributed by atoms with E-state index in [1.807, 2.05) is 18.2 Å². The highest BCUT2D eigenvalue weighted by molar-refractivity contribution is 6.05. The van der Waals surface area contributed by atoms with E-state index in [2.05, 4.69) is 23.4 Å². The van der Waals surface area contributed by atoms with Gasteiger partial charge in [0.25, 0.3) is 0 Å². The molecule has 13 heavy (non-hydrogen) atoms. The summed E-state index contributed by atoms with van der Waals surface area (Å²) in [6.07, 6.45) is 1.69. The normalized spacial score (nSPS) is 11.1. The Bertz CT molecular complexity index is 568. The van der Waals surface area contributed by atoms with Gasteiger partial charge < -0.3 is 4.52 Å². The lowest BCUT2D eigenvalue weighted by molar-refractivity contribution is 0.428. The maximum Gasteiger partial charge on any atom is 0.132 e. The molecule has 0 N–H and O–H groups in total. The molecule has 0 aliphatic carbocycles. The lowest BCUT2D eigenvalue weighted by Crippen LogP contribution is -1.72. The molecule has 1 aromatic heterocycles. The number of hydrogen-bond acceptors (Lipinski definition) is 2. The Labute approximate surface area is 74.8 Å². The Morgan fingerprint density at radius 2 is 1.85 bits per heavy atom. The van der Waals surface area contributed by atoms with Gasteiger partial charge in [0, 0.05) is 5.39 Å². The van der Waals surface area contributed by atoms with Crippen LogP contribution in [0.3, 0.4) is 0 Å². The first-order valence-corrected chi connectivity index (χ1v) is 4.17. The zero-order valence-corrected chi connectivity index (χ0v) is 6.90. The van der Waals surface area contributed by atoms with E-state index in [0.717, 1.165) is 10.9 Å². The highest BCUT2D eigenvalue weighted by atomic mass is 16.5. The molecule has 3 rings (SSSR count). The Balaban J connectivity index is 2.65. The quantitative estimate of drug-likeness (QED) is 0.517. The monoisotopic (exact) mass is 169 g/mol. The second kappa shape index (κ2) is 2.33. The molecule has 2 heteroatoms. The molecule has 0 aliphatic heterocycles. The van der Waals surface area contributed by atoms with Gasteiger partial charge in [-0.05, 0) is 16.8 Å². The summed E-state index contributed by atoms with van der Waals surface area (Å²) in [6, 6.07) is 12.2. The highest BCUT2D eigenvalue weighted by Gasteiger charge is 2.01. The van der Waals surface area contributed by atoms with Crippen LogP contribution in [0, 0.1) is 0 Å². The molecule has 0 saturated heterocycles. The molecule has 0 radical (unpaired) electrons. The smallest absolute Gasteiger partial charge is 0.132 e. The number of aromatic nitrogens is 1. The largest absolute Gasteiger partial charge is 0.363 e. The Morgan fingerprint density at radius 3 is 2.85 bits per heavy atom. The SMILES string of the molecule is c1ccc2c(c1)ccc1nocc12. The second-order valence-electron chi connectivity index (χ2n) is 3.03. The Kier molecular flexibility index (Phi) is 1.19. The van der Waals surface area contributed by atoms with E-state index in [4.69, 9.17) is 4.52 Å². The summed E-state index contributed by atoms with van der Waals surface area (Å²) in [5.41, 5.74) is 0.915. The van der Waals surface area contributed by atoms with E-state index >= 15 is 0 Å². The highest BCUT2D eigenvalue weighted by Crippen LogP contribution is 2.23. The molecule has 0 atom stereocenters. The van der Waals surface area contributed by atoms with Gasteiger partial charge in [-0.3, -0.25) is 0 Å². The van der Waals surface area contributed by atoms with Crippen molar-refractivity contribution in [3.05, 3.63) is 42.7 Å². The molecular weight excluding hydrogens is 162 g/mol. The topological polar surface area (TPSA) is 26.0 Å². The minimum atomic E-state index is 0.915. The summed E-state index contributed by atoms with van der Waals surface area (Å²) < 4.78 is 4.92. The summed E-state index contributed by atoms with van der Waals surface area (Å²) in [5.74, 6) is 0. The number of nitrogens with zero attached hydrogens (tertiary/aromatic N) is 1. The van der Waals surface area contributed by atoms with Crippen molar-refractivity contribution in [2.75, 3.05) is 0 Å². The van der Waals surface area contributed by atoms with Gasteiger partial charge in [-0.25, -0.2) is 0 Å². The van der Waals surface area contributed by atoms with Crippen LogP contribution in [0.2, 0.25) is 0 Å². The Hall–Kier alpha value is -1.83. The summed E-state index contributed by atoms with van der Waals surface area (Å²) in [7, 11) is 0. The fourth-order valence-corrected chi connectivity index (χ4v) is 1.62. The minimum Gasteiger partial charge on any atom is -0.363 e. The Morgan fingerprint density at radius 1 is 0.923 bits per heavy atom. The number of rotatable bonds is 0. The van der Waals surface area contributed by atoms with E-state index in [9.17, 15) is 0 Å². The molecule has 0 saturated carbocycles. The molecule has 0 spiro atoms. The number of hydrogen-bond donors (Lipinski definition) is 0. The zero-order chi connectivity index (χ0) is 8.67. The first-order valence-electron chi connectivity index (χ1n) is 4.17. The van der Waals surface area contributed by atoms with E-state index in [-0.39, 0.29) is 0 Å². The summed E-state index contributed by atoms with van der Waals surface area (Å²) in [4.78, 5) is 0. The van der Waals surface area contributed by atoms with Crippen molar-refractivity contribution in [2.24, 2.45) is 0 Å². The molecule has 0 aliphatic rings. The summed E-state index contributed by atoms with van der Waals surface area (Å²) in [6.45, 7) is 0. The van der Waals surface area contributed by atoms with Gasteiger partial charge in [-0.15, -0.1) is 0 Å². The van der Waals surface area contributed by atoms with Gasteiger partial charge in [0.15, 0.2) is 0 Å². The van der Waals surface area contributed by atoms with Crippen LogP contribution in [0.1, 0.15) is 0 Å². The molecule has 62 valence electrons. The average Bonchev–Trinajstić information content (AvgIpc) is 2.65. The average molecular weight is 169 g/mol. The van der Waals surface area contributed by atoms with Gasteiger partial charge in [-0.1, -0.05) is 35.5 Å². The first kappa shape index (κ1) is 6.66. The van der Waals surface area contributed by atoms with Crippen LogP contribution < -0.4 is 0 Å². The van der Waals surface area contributed by atoms with Gasteiger partial charge in [0.2, 0.25) is 0 Å². The molecule has 1 heterocycles. The second-order valence-corrected chi connectivity index (χ2v) is 3.03. The third-order valence-corrected chi connectivity index (χ3v) is 2.27. The third kappa shape index (κ3) is 0.855. The van der Waals surface area contributed by atoms with Gasteiger partial charge in [0.05, 0.1) is 0 Å². The molecule has 0 fully saturated rings. The van der Waals surface area contributed by atoms with Gasteiger partial charge in [-0.2, -0.15) is 0 Å². The van der Waals surface area contributed by atoms with Crippen molar-refractivity contribution in [1.29, 1.82) is 0 Å². The van der Waals surface area contributed by atoms with E-state index in [1.165, 1.54) is 10.8 Å². The molecule has 0 bridgehead atoms. The van der Waals surface area contributed by atoms with Crippen molar-refractivity contribution in [3.63, 3.8) is 0 Å². The van der Waals surface area contributed by atoms with Crippen molar-refractivity contribution >= 4 is 21.7 Å². The van der Waals surface area contributed by atoms with Crippen molar-refractivity contribution in [1.82, 2.24) is 5.16 Å². The molecule has 2 nitrogen and oxygen atoms in total. The third-order valence-electron chi connectivity index (χ3n) is 2.27. The fourth-order valence-electron chi connectivity index (χ4n) is 1.62. The lowest BCUT2D eigenvalue weighted by Gasteiger charge is -1.95. The van der Waals surface area contributed by atoms with Gasteiger partial charge in [0.1, 0.15) is 11.8 Å². The summed E-state index contributed by atoms with van der Waals surface area (Å²) >= 11 is 0. The van der Waals surface area contributed by atoms with Crippen LogP contribution in [0.4, 0.5) is 0 Å². The number of benzene rings is 2. The fraction of sp³-hybridized carbons (Fsp3) is 0. The van der Waals surface area contributed by atoms with Crippen LogP contribution in [0.5, 0.6) is 0 Å². The first-order chi connectivity index (χ1) is 6.45. The van der Waals surface area contributed by atoms with E-state index < -0.39 is 0 Å². The summed E-state index contributed by atoms with van der Waals surface area (Å²) in [5, 5.41) is 7.39. The molecular formula is C11H7NO. The van der Waals surface area contributed by atoms with Crippen molar-refractivity contribution in [3.8, 4) is 0 Å². The molecule has 2 aromatic carbocycles. The molecule has 3 aromatic rings. The van der Waals surface area contributed by atoms with E-state index in [1.54, 1.807) is 6.26 Å².